The van der Waals surface area contributed by atoms with Crippen molar-refractivity contribution in [3.63, 3.8) is 0 Å². The number of thiophene rings is 1. The summed E-state index contributed by atoms with van der Waals surface area (Å²) in [7, 11) is 0. The van der Waals surface area contributed by atoms with Crippen LogP contribution in [0.2, 0.25) is 0 Å². The first-order valence-electron chi connectivity index (χ1n) is 8.55. The van der Waals surface area contributed by atoms with Gasteiger partial charge >= 0.3 is 18.0 Å². The number of carbonyl (C=O) groups is 3. The summed E-state index contributed by atoms with van der Waals surface area (Å²) in [6.45, 7) is 3.78. The van der Waals surface area contributed by atoms with E-state index < -0.39 is 18.0 Å². The van der Waals surface area contributed by atoms with E-state index in [1.807, 2.05) is 30.3 Å². The van der Waals surface area contributed by atoms with Gasteiger partial charge in [-0.25, -0.2) is 14.4 Å². The minimum Gasteiger partial charge on any atom is -0.462 e. The number of amides is 1. The second-order valence-electron chi connectivity index (χ2n) is 5.38. The van der Waals surface area contributed by atoms with Crippen molar-refractivity contribution in [2.75, 3.05) is 18.5 Å². The number of ether oxygens (including phenoxy) is 3. The van der Waals surface area contributed by atoms with E-state index in [9.17, 15) is 14.4 Å². The zero-order valence-corrected chi connectivity index (χ0v) is 17.9. The summed E-state index contributed by atoms with van der Waals surface area (Å²) in [5.41, 5.74) is 1.34. The molecule has 1 aromatic carbocycles. The van der Waals surface area contributed by atoms with Crippen molar-refractivity contribution in [2.24, 2.45) is 0 Å². The molecule has 0 fully saturated rings. The van der Waals surface area contributed by atoms with Gasteiger partial charge in [-0.3, -0.25) is 5.32 Å². The number of benzene rings is 1. The maximum absolute atomic E-state index is 12.4. The molecule has 7 nitrogen and oxygen atoms in total. The Hall–Kier alpha value is -2.39. The molecule has 9 heteroatoms. The van der Waals surface area contributed by atoms with Gasteiger partial charge in [-0.1, -0.05) is 46.3 Å². The molecule has 0 atom stereocenters. The average Bonchev–Trinajstić information content (AvgIpc) is 3.06. The highest BCUT2D eigenvalue weighted by molar-refractivity contribution is 9.08. The fourth-order valence-corrected chi connectivity index (χ4v) is 4.15. The molecule has 0 saturated carbocycles. The standard InChI is InChI=1S/C19H20BrNO6S/c1-3-25-17(22)14-13(10-20)15(18(23)26-4-2)28-16(14)21-19(24)27-11-12-8-6-5-7-9-12/h5-9H,3-4,10-11H2,1-2H3,(H,21,24). The summed E-state index contributed by atoms with van der Waals surface area (Å²) in [5, 5.41) is 2.93. The van der Waals surface area contributed by atoms with E-state index in [2.05, 4.69) is 21.2 Å². The smallest absolute Gasteiger partial charge is 0.412 e. The maximum atomic E-state index is 12.4. The number of carbonyl (C=O) groups excluding carboxylic acids is 3. The van der Waals surface area contributed by atoms with Gasteiger partial charge in [-0.15, -0.1) is 11.3 Å². The van der Waals surface area contributed by atoms with Crippen LogP contribution in [-0.2, 0) is 26.1 Å². The van der Waals surface area contributed by atoms with Crippen molar-refractivity contribution in [3.05, 3.63) is 51.9 Å². The van der Waals surface area contributed by atoms with Crippen molar-refractivity contribution in [1.82, 2.24) is 0 Å². The van der Waals surface area contributed by atoms with Crippen LogP contribution < -0.4 is 5.32 Å². The Morgan fingerprint density at radius 1 is 1.00 bits per heavy atom. The van der Waals surface area contributed by atoms with Crippen LogP contribution in [0.4, 0.5) is 9.80 Å². The second kappa shape index (κ2) is 10.8. The van der Waals surface area contributed by atoms with Gasteiger partial charge in [-0.2, -0.15) is 0 Å². The van der Waals surface area contributed by atoms with Gasteiger partial charge in [0.25, 0.3) is 0 Å². The fourth-order valence-electron chi connectivity index (χ4n) is 2.31. The lowest BCUT2D eigenvalue weighted by atomic mass is 10.1. The maximum Gasteiger partial charge on any atom is 0.412 e. The summed E-state index contributed by atoms with van der Waals surface area (Å²) in [5.74, 6) is -1.21. The number of nitrogens with one attached hydrogen (secondary N) is 1. The minimum absolute atomic E-state index is 0.0722. The number of anilines is 1. The first kappa shape index (κ1) is 21.9. The SMILES string of the molecule is CCOC(=O)c1sc(NC(=O)OCc2ccccc2)c(C(=O)OCC)c1CBr. The predicted octanol–water partition coefficient (Wildman–Crippen LogP) is 4.75. The van der Waals surface area contributed by atoms with Crippen molar-refractivity contribution >= 4 is 50.3 Å². The Bertz CT molecular complexity index is 836. The molecule has 0 bridgehead atoms. The molecule has 0 unspecified atom stereocenters. The zero-order chi connectivity index (χ0) is 20.5. The molecule has 1 aromatic heterocycles. The van der Waals surface area contributed by atoms with E-state index >= 15 is 0 Å². The average molecular weight is 470 g/mol. The third kappa shape index (κ3) is 5.56. The van der Waals surface area contributed by atoms with Crippen LogP contribution in [0.5, 0.6) is 0 Å². The lowest BCUT2D eigenvalue weighted by Gasteiger charge is -2.08. The molecule has 28 heavy (non-hydrogen) atoms. The number of esters is 2. The van der Waals surface area contributed by atoms with E-state index in [1.165, 1.54) is 0 Å². The molecule has 1 N–H and O–H groups in total. The van der Waals surface area contributed by atoms with Crippen LogP contribution in [-0.4, -0.2) is 31.2 Å². The predicted molar refractivity (Wildman–Crippen MR) is 109 cm³/mol. The number of halogens is 1. The topological polar surface area (TPSA) is 90.9 Å². The Morgan fingerprint density at radius 2 is 1.64 bits per heavy atom. The van der Waals surface area contributed by atoms with E-state index in [-0.39, 0.29) is 40.6 Å². The Balaban J connectivity index is 2.26. The Kier molecular flexibility index (Phi) is 8.46. The Morgan fingerprint density at radius 3 is 2.25 bits per heavy atom. The van der Waals surface area contributed by atoms with Gasteiger partial charge in [0.2, 0.25) is 0 Å². The molecular weight excluding hydrogens is 450 g/mol. The molecule has 2 aromatic rings. The highest BCUT2D eigenvalue weighted by Gasteiger charge is 2.29. The van der Waals surface area contributed by atoms with Gasteiger partial charge in [0.05, 0.1) is 18.8 Å². The third-order valence-electron chi connectivity index (χ3n) is 3.51. The lowest BCUT2D eigenvalue weighted by molar-refractivity contribution is 0.0527. The highest BCUT2D eigenvalue weighted by atomic mass is 79.9. The molecule has 0 spiro atoms. The molecule has 0 radical (unpaired) electrons. The molecular formula is C19H20BrNO6S. The largest absolute Gasteiger partial charge is 0.462 e. The number of alkyl halides is 1. The van der Waals surface area contributed by atoms with Crippen molar-refractivity contribution in [3.8, 4) is 0 Å². The molecule has 150 valence electrons. The fraction of sp³-hybridized carbons (Fsp3) is 0.316. The summed E-state index contributed by atoms with van der Waals surface area (Å²) in [6, 6.07) is 9.18. The summed E-state index contributed by atoms with van der Waals surface area (Å²) in [6.07, 6.45) is -0.743. The number of hydrogen-bond donors (Lipinski definition) is 1. The molecule has 2 rings (SSSR count). The van der Waals surface area contributed by atoms with Crippen molar-refractivity contribution < 1.29 is 28.6 Å². The van der Waals surface area contributed by atoms with Gasteiger partial charge in [0.1, 0.15) is 16.5 Å². The van der Waals surface area contributed by atoms with Crippen molar-refractivity contribution in [1.29, 1.82) is 0 Å². The summed E-state index contributed by atoms with van der Waals surface area (Å²) >= 11 is 4.23. The summed E-state index contributed by atoms with van der Waals surface area (Å²) in [4.78, 5) is 37.1. The van der Waals surface area contributed by atoms with E-state index in [4.69, 9.17) is 14.2 Å². The van der Waals surface area contributed by atoms with Crippen LogP contribution in [0.25, 0.3) is 0 Å². The van der Waals surface area contributed by atoms with Gasteiger partial charge in [-0.05, 0) is 19.4 Å². The van der Waals surface area contributed by atoms with Gasteiger partial charge < -0.3 is 14.2 Å². The zero-order valence-electron chi connectivity index (χ0n) is 15.5. The monoisotopic (exact) mass is 469 g/mol. The van der Waals surface area contributed by atoms with Crippen LogP contribution in [0.3, 0.4) is 0 Å². The van der Waals surface area contributed by atoms with E-state index in [0.29, 0.717) is 5.56 Å². The quantitative estimate of drug-likeness (QED) is 0.340. The first-order chi connectivity index (χ1) is 13.5. The summed E-state index contributed by atoms with van der Waals surface area (Å²) < 4.78 is 15.3. The van der Waals surface area contributed by atoms with Crippen LogP contribution >= 0.6 is 27.3 Å². The lowest BCUT2D eigenvalue weighted by Crippen LogP contribution is -2.16. The normalized spacial score (nSPS) is 10.2. The molecule has 1 amide bonds. The first-order valence-corrected chi connectivity index (χ1v) is 10.5. The Labute approximate surface area is 175 Å². The van der Waals surface area contributed by atoms with Crippen LogP contribution in [0.1, 0.15) is 45.0 Å². The van der Waals surface area contributed by atoms with Crippen molar-refractivity contribution in [2.45, 2.75) is 25.8 Å². The molecule has 1 heterocycles. The molecule has 0 aliphatic rings. The number of hydrogen-bond acceptors (Lipinski definition) is 7. The van der Waals surface area contributed by atoms with E-state index in [1.54, 1.807) is 13.8 Å². The van der Waals surface area contributed by atoms with Gasteiger partial charge in [0.15, 0.2) is 0 Å². The number of rotatable bonds is 8. The highest BCUT2D eigenvalue weighted by Crippen LogP contribution is 2.36. The van der Waals surface area contributed by atoms with Crippen LogP contribution in [0, 0.1) is 0 Å². The van der Waals surface area contributed by atoms with Gasteiger partial charge in [0, 0.05) is 10.9 Å². The van der Waals surface area contributed by atoms with Crippen LogP contribution in [0.15, 0.2) is 30.3 Å². The second-order valence-corrected chi connectivity index (χ2v) is 6.96. The minimum atomic E-state index is -0.743. The van der Waals surface area contributed by atoms with E-state index in [0.717, 1.165) is 16.9 Å². The molecule has 0 saturated heterocycles. The molecule has 0 aliphatic heterocycles. The third-order valence-corrected chi connectivity index (χ3v) is 5.20. The molecule has 0 aliphatic carbocycles.